The van der Waals surface area contributed by atoms with E-state index in [1.807, 2.05) is 13.0 Å². The molecule has 2 rings (SSSR count). The van der Waals surface area contributed by atoms with E-state index in [-0.39, 0.29) is 6.54 Å². The van der Waals surface area contributed by atoms with Crippen LogP contribution >= 0.6 is 15.9 Å². The Hall–Kier alpha value is -1.88. The minimum Gasteiger partial charge on any atom is -0.464 e. The number of likely N-dealkylation sites (N-methyl/N-ethyl adjacent to an activating group) is 1. The number of hydrogen-bond donors (Lipinski definition) is 0. The number of halogens is 1. The maximum atomic E-state index is 12.1. The molecule has 0 saturated heterocycles. The van der Waals surface area contributed by atoms with Crippen LogP contribution in [0.5, 0.6) is 0 Å². The van der Waals surface area contributed by atoms with Crippen molar-refractivity contribution in [1.82, 2.24) is 4.90 Å². The number of hydrogen-bond acceptors (Lipinski definition) is 3. The molecule has 0 saturated carbocycles. The lowest BCUT2D eigenvalue weighted by molar-refractivity contribution is -0.125. The third kappa shape index (κ3) is 3.36. The Morgan fingerprint density at radius 2 is 1.80 bits per heavy atom. The van der Waals surface area contributed by atoms with Crippen LogP contribution in [0.25, 0.3) is 0 Å². The normalized spacial score (nSPS) is 10.3. The fourth-order valence-electron chi connectivity index (χ4n) is 1.77. The molecule has 20 heavy (non-hydrogen) atoms. The van der Waals surface area contributed by atoms with E-state index in [2.05, 4.69) is 15.9 Å². The van der Waals surface area contributed by atoms with Gasteiger partial charge in [0.25, 0.3) is 5.91 Å². The van der Waals surface area contributed by atoms with E-state index in [4.69, 9.17) is 4.42 Å². The lowest BCUT2D eigenvalue weighted by Gasteiger charge is -2.14. The zero-order chi connectivity index (χ0) is 14.7. The topological polar surface area (TPSA) is 50.5 Å². The SMILES string of the molecule is Cc1ccc(CN(C)C(=O)C(=O)c2ccc(Br)cc2)o1. The number of benzene rings is 1. The zero-order valence-electron chi connectivity index (χ0n) is 11.2. The summed E-state index contributed by atoms with van der Waals surface area (Å²) in [5.41, 5.74) is 0.376. The van der Waals surface area contributed by atoms with Gasteiger partial charge in [-0.2, -0.15) is 0 Å². The summed E-state index contributed by atoms with van der Waals surface area (Å²) in [7, 11) is 1.58. The number of furan rings is 1. The molecule has 1 aromatic heterocycles. The van der Waals surface area contributed by atoms with Crippen molar-refractivity contribution in [2.45, 2.75) is 13.5 Å². The summed E-state index contributed by atoms with van der Waals surface area (Å²) >= 11 is 3.29. The van der Waals surface area contributed by atoms with E-state index in [9.17, 15) is 9.59 Å². The first-order chi connectivity index (χ1) is 9.47. The average Bonchev–Trinajstić information content (AvgIpc) is 2.83. The van der Waals surface area contributed by atoms with E-state index in [0.717, 1.165) is 10.2 Å². The van der Waals surface area contributed by atoms with Crippen molar-refractivity contribution in [2.75, 3.05) is 7.05 Å². The molecule has 1 heterocycles. The second-order valence-corrected chi connectivity index (χ2v) is 5.43. The molecule has 1 aromatic carbocycles. The third-order valence-electron chi connectivity index (χ3n) is 2.84. The van der Waals surface area contributed by atoms with E-state index in [0.29, 0.717) is 11.3 Å². The highest BCUT2D eigenvalue weighted by Crippen LogP contribution is 2.13. The number of aryl methyl sites for hydroxylation is 1. The fourth-order valence-corrected chi connectivity index (χ4v) is 2.04. The Balaban J connectivity index is 2.06. The van der Waals surface area contributed by atoms with Crippen molar-refractivity contribution in [3.63, 3.8) is 0 Å². The summed E-state index contributed by atoms with van der Waals surface area (Å²) in [6, 6.07) is 10.3. The van der Waals surface area contributed by atoms with Gasteiger partial charge in [-0.1, -0.05) is 15.9 Å². The van der Waals surface area contributed by atoms with Gasteiger partial charge in [0.05, 0.1) is 6.54 Å². The van der Waals surface area contributed by atoms with Gasteiger partial charge in [0, 0.05) is 17.1 Å². The smallest absolute Gasteiger partial charge is 0.295 e. The minimum absolute atomic E-state index is 0.273. The molecule has 0 N–H and O–H groups in total. The fraction of sp³-hybridized carbons (Fsp3) is 0.200. The van der Waals surface area contributed by atoms with Crippen molar-refractivity contribution < 1.29 is 14.0 Å². The molecule has 0 fully saturated rings. The van der Waals surface area contributed by atoms with Crippen LogP contribution in [-0.4, -0.2) is 23.6 Å². The van der Waals surface area contributed by atoms with E-state index < -0.39 is 11.7 Å². The van der Waals surface area contributed by atoms with Crippen molar-refractivity contribution in [1.29, 1.82) is 0 Å². The van der Waals surface area contributed by atoms with Crippen molar-refractivity contribution in [3.8, 4) is 0 Å². The number of carbonyl (C=O) groups excluding carboxylic acids is 2. The minimum atomic E-state index is -0.554. The molecule has 5 heteroatoms. The molecule has 0 radical (unpaired) electrons. The molecule has 0 aliphatic rings. The second-order valence-electron chi connectivity index (χ2n) is 4.51. The molecule has 0 spiro atoms. The van der Waals surface area contributed by atoms with Crippen molar-refractivity contribution in [2.24, 2.45) is 0 Å². The summed E-state index contributed by atoms with van der Waals surface area (Å²) in [4.78, 5) is 25.5. The quantitative estimate of drug-likeness (QED) is 0.636. The van der Waals surface area contributed by atoms with Gasteiger partial charge in [0.1, 0.15) is 11.5 Å². The Bertz CT molecular complexity index is 631. The average molecular weight is 336 g/mol. The molecule has 104 valence electrons. The molecular weight excluding hydrogens is 322 g/mol. The van der Waals surface area contributed by atoms with Gasteiger partial charge in [-0.15, -0.1) is 0 Å². The van der Waals surface area contributed by atoms with E-state index in [1.165, 1.54) is 4.90 Å². The van der Waals surface area contributed by atoms with Crippen LogP contribution in [0.15, 0.2) is 45.3 Å². The second kappa shape index (κ2) is 6.05. The standard InChI is InChI=1S/C15H14BrNO3/c1-10-3-8-13(20-10)9-17(2)15(19)14(18)11-4-6-12(16)7-5-11/h3-8H,9H2,1-2H3. The largest absolute Gasteiger partial charge is 0.464 e. The van der Waals surface area contributed by atoms with Crippen LogP contribution in [-0.2, 0) is 11.3 Å². The van der Waals surface area contributed by atoms with Gasteiger partial charge in [0.15, 0.2) is 0 Å². The molecule has 4 nitrogen and oxygen atoms in total. The van der Waals surface area contributed by atoms with E-state index in [1.54, 1.807) is 37.4 Å². The number of rotatable bonds is 4. The Labute approximate surface area is 125 Å². The summed E-state index contributed by atoms with van der Waals surface area (Å²) < 4.78 is 6.26. The highest BCUT2D eigenvalue weighted by molar-refractivity contribution is 9.10. The van der Waals surface area contributed by atoms with Crippen LogP contribution in [0.4, 0.5) is 0 Å². The molecule has 0 aliphatic heterocycles. The van der Waals surface area contributed by atoms with Gasteiger partial charge in [-0.3, -0.25) is 9.59 Å². The molecule has 1 amide bonds. The maximum Gasteiger partial charge on any atom is 0.295 e. The Kier molecular flexibility index (Phi) is 4.39. The molecular formula is C15H14BrNO3. The maximum absolute atomic E-state index is 12.1. The van der Waals surface area contributed by atoms with Crippen molar-refractivity contribution >= 4 is 27.6 Å². The highest BCUT2D eigenvalue weighted by Gasteiger charge is 2.21. The Morgan fingerprint density at radius 3 is 2.35 bits per heavy atom. The number of ketones is 1. The van der Waals surface area contributed by atoms with Gasteiger partial charge >= 0.3 is 0 Å². The summed E-state index contributed by atoms with van der Waals surface area (Å²) in [5, 5.41) is 0. The summed E-state index contributed by atoms with van der Waals surface area (Å²) in [6.07, 6.45) is 0. The van der Waals surface area contributed by atoms with Crippen LogP contribution in [0.3, 0.4) is 0 Å². The summed E-state index contributed by atoms with van der Waals surface area (Å²) in [5.74, 6) is 0.353. The van der Waals surface area contributed by atoms with Crippen LogP contribution in [0, 0.1) is 6.92 Å². The predicted octanol–water partition coefficient (Wildman–Crippen LogP) is 3.19. The lowest BCUT2D eigenvalue weighted by atomic mass is 10.1. The molecule has 0 aliphatic carbocycles. The lowest BCUT2D eigenvalue weighted by Crippen LogP contribution is -2.32. The number of nitrogens with zero attached hydrogens (tertiary/aromatic N) is 1. The number of amides is 1. The van der Waals surface area contributed by atoms with Gasteiger partial charge in [-0.05, 0) is 43.3 Å². The number of Topliss-reactive ketones (excluding diaryl/α,β-unsaturated/α-hetero) is 1. The monoisotopic (exact) mass is 335 g/mol. The van der Waals surface area contributed by atoms with Gasteiger partial charge in [-0.25, -0.2) is 0 Å². The highest BCUT2D eigenvalue weighted by atomic mass is 79.9. The Morgan fingerprint density at radius 1 is 1.15 bits per heavy atom. The van der Waals surface area contributed by atoms with Gasteiger partial charge in [0.2, 0.25) is 5.78 Å². The van der Waals surface area contributed by atoms with Crippen LogP contribution in [0.2, 0.25) is 0 Å². The molecule has 0 unspecified atom stereocenters. The number of carbonyl (C=O) groups is 2. The first-order valence-corrected chi connectivity index (χ1v) is 6.87. The summed E-state index contributed by atoms with van der Waals surface area (Å²) in [6.45, 7) is 2.10. The van der Waals surface area contributed by atoms with E-state index >= 15 is 0 Å². The first kappa shape index (κ1) is 14.5. The predicted molar refractivity (Wildman–Crippen MR) is 78.4 cm³/mol. The molecule has 0 bridgehead atoms. The first-order valence-electron chi connectivity index (χ1n) is 6.08. The molecule has 2 aromatic rings. The van der Waals surface area contributed by atoms with Crippen LogP contribution in [0.1, 0.15) is 21.9 Å². The third-order valence-corrected chi connectivity index (χ3v) is 3.37. The van der Waals surface area contributed by atoms with Gasteiger partial charge < -0.3 is 9.32 Å². The van der Waals surface area contributed by atoms with Crippen molar-refractivity contribution in [3.05, 3.63) is 58.0 Å². The molecule has 0 atom stereocenters. The zero-order valence-corrected chi connectivity index (χ0v) is 12.8. The van der Waals surface area contributed by atoms with Crippen LogP contribution < -0.4 is 0 Å².